The Morgan fingerprint density at radius 2 is 1.88 bits per heavy atom. The molecule has 1 saturated carbocycles. The van der Waals surface area contributed by atoms with Gasteiger partial charge in [0.25, 0.3) is 0 Å². The Morgan fingerprint density at radius 3 is 2.69 bits per heavy atom. The number of aromatic nitrogens is 2. The van der Waals surface area contributed by atoms with Crippen molar-refractivity contribution in [3.05, 3.63) is 28.9 Å². The highest BCUT2D eigenvalue weighted by Gasteiger charge is 2.19. The molecule has 0 spiro atoms. The van der Waals surface area contributed by atoms with Crippen molar-refractivity contribution in [3.8, 4) is 0 Å². The molecule has 0 saturated heterocycles. The summed E-state index contributed by atoms with van der Waals surface area (Å²) < 4.78 is 3.20. The summed E-state index contributed by atoms with van der Waals surface area (Å²) in [6.45, 7) is 0. The number of halogens is 1. The first-order valence-corrected chi connectivity index (χ1v) is 6.78. The molecule has 0 unspecified atom stereocenters. The van der Waals surface area contributed by atoms with Gasteiger partial charge in [-0.3, -0.25) is 4.68 Å². The topological polar surface area (TPSA) is 17.8 Å². The van der Waals surface area contributed by atoms with Crippen molar-refractivity contribution in [2.24, 2.45) is 0 Å². The van der Waals surface area contributed by atoms with E-state index in [0.29, 0.717) is 6.04 Å². The number of nitrogens with zero attached hydrogens (tertiary/aromatic N) is 2. The fraction of sp³-hybridized carbons (Fsp3) is 0.462. The Labute approximate surface area is 104 Å². The lowest BCUT2D eigenvalue weighted by Crippen LogP contribution is -2.13. The van der Waals surface area contributed by atoms with Crippen LogP contribution < -0.4 is 0 Å². The Kier molecular flexibility index (Phi) is 2.72. The molecule has 0 N–H and O–H groups in total. The third-order valence-corrected chi connectivity index (χ3v) is 4.07. The van der Waals surface area contributed by atoms with E-state index in [-0.39, 0.29) is 0 Å². The van der Waals surface area contributed by atoms with Gasteiger partial charge < -0.3 is 0 Å². The highest BCUT2D eigenvalue weighted by Crippen LogP contribution is 2.32. The van der Waals surface area contributed by atoms with Crippen LogP contribution in [0.2, 0.25) is 0 Å². The fourth-order valence-electron chi connectivity index (χ4n) is 2.65. The van der Waals surface area contributed by atoms with Gasteiger partial charge in [-0.25, -0.2) is 0 Å². The van der Waals surface area contributed by atoms with Crippen molar-refractivity contribution in [2.75, 3.05) is 0 Å². The van der Waals surface area contributed by atoms with Crippen molar-refractivity contribution >= 4 is 26.8 Å². The van der Waals surface area contributed by atoms with Crippen molar-refractivity contribution in [1.29, 1.82) is 0 Å². The third kappa shape index (κ3) is 1.67. The van der Waals surface area contributed by atoms with Crippen LogP contribution in [0.25, 0.3) is 10.9 Å². The molecular weight excluding hydrogens is 264 g/mol. The van der Waals surface area contributed by atoms with E-state index in [1.165, 1.54) is 43.0 Å². The zero-order chi connectivity index (χ0) is 11.0. The van der Waals surface area contributed by atoms with E-state index in [1.54, 1.807) is 0 Å². The van der Waals surface area contributed by atoms with Crippen LogP contribution in [0.4, 0.5) is 0 Å². The van der Waals surface area contributed by atoms with Gasteiger partial charge in [0.2, 0.25) is 0 Å². The molecule has 1 aromatic heterocycles. The first-order valence-electron chi connectivity index (χ1n) is 5.99. The average Bonchev–Trinajstić information content (AvgIpc) is 2.69. The summed E-state index contributed by atoms with van der Waals surface area (Å²) in [5.41, 5.74) is 1.27. The molecule has 0 amide bonds. The van der Waals surface area contributed by atoms with Gasteiger partial charge in [0.1, 0.15) is 4.60 Å². The molecule has 84 valence electrons. The summed E-state index contributed by atoms with van der Waals surface area (Å²) in [4.78, 5) is 0. The minimum absolute atomic E-state index is 0.602. The molecule has 1 aliphatic rings. The first kappa shape index (κ1) is 10.3. The molecular formula is C13H15BrN2. The number of benzene rings is 1. The maximum Gasteiger partial charge on any atom is 0.136 e. The zero-order valence-corrected chi connectivity index (χ0v) is 10.8. The molecule has 1 fully saturated rings. The van der Waals surface area contributed by atoms with Crippen LogP contribution in [-0.4, -0.2) is 9.78 Å². The number of rotatable bonds is 1. The van der Waals surface area contributed by atoms with Crippen LogP contribution in [0, 0.1) is 0 Å². The summed E-state index contributed by atoms with van der Waals surface area (Å²) in [5, 5.41) is 5.88. The highest BCUT2D eigenvalue weighted by molar-refractivity contribution is 9.10. The Balaban J connectivity index is 2.08. The number of hydrogen-bond acceptors (Lipinski definition) is 1. The van der Waals surface area contributed by atoms with Crippen LogP contribution in [0.5, 0.6) is 0 Å². The molecule has 1 aliphatic carbocycles. The number of hydrogen-bond donors (Lipinski definition) is 0. The Bertz CT molecular complexity index is 498. The second kappa shape index (κ2) is 4.21. The standard InChI is InChI=1S/C13H15BrN2/c14-13-11-8-4-5-9-12(11)16(15-13)10-6-2-1-3-7-10/h4-5,8-10H,1-3,6-7H2. The molecule has 2 nitrogen and oxygen atoms in total. The van der Waals surface area contributed by atoms with Crippen LogP contribution in [-0.2, 0) is 0 Å². The largest absolute Gasteiger partial charge is 0.261 e. The van der Waals surface area contributed by atoms with Crippen molar-refractivity contribution < 1.29 is 0 Å². The van der Waals surface area contributed by atoms with E-state index in [1.807, 2.05) is 0 Å². The van der Waals surface area contributed by atoms with Gasteiger partial charge in [-0.15, -0.1) is 0 Å². The normalized spacial score (nSPS) is 18.1. The summed E-state index contributed by atoms with van der Waals surface area (Å²) in [5.74, 6) is 0. The molecule has 16 heavy (non-hydrogen) atoms. The van der Waals surface area contributed by atoms with Crippen LogP contribution in [0.15, 0.2) is 28.9 Å². The predicted molar refractivity (Wildman–Crippen MR) is 69.6 cm³/mol. The van der Waals surface area contributed by atoms with E-state index in [0.717, 1.165) is 4.60 Å². The van der Waals surface area contributed by atoms with Gasteiger partial charge in [0.05, 0.1) is 11.6 Å². The monoisotopic (exact) mass is 278 g/mol. The molecule has 0 bridgehead atoms. The van der Waals surface area contributed by atoms with Crippen molar-refractivity contribution in [1.82, 2.24) is 9.78 Å². The van der Waals surface area contributed by atoms with E-state index in [4.69, 9.17) is 0 Å². The SMILES string of the molecule is Brc1nn(C2CCCCC2)c2ccccc12. The molecule has 2 aromatic rings. The quantitative estimate of drug-likeness (QED) is 0.760. The summed E-state index contributed by atoms with van der Waals surface area (Å²) in [7, 11) is 0. The lowest BCUT2D eigenvalue weighted by molar-refractivity contribution is 0.336. The lowest BCUT2D eigenvalue weighted by atomic mass is 9.95. The molecule has 3 heteroatoms. The van der Waals surface area contributed by atoms with Crippen LogP contribution >= 0.6 is 15.9 Å². The van der Waals surface area contributed by atoms with Crippen LogP contribution in [0.3, 0.4) is 0 Å². The molecule has 1 heterocycles. The van der Waals surface area contributed by atoms with E-state index in [9.17, 15) is 0 Å². The average molecular weight is 279 g/mol. The van der Waals surface area contributed by atoms with E-state index >= 15 is 0 Å². The van der Waals surface area contributed by atoms with Gasteiger partial charge in [-0.05, 0) is 34.8 Å². The molecule has 3 rings (SSSR count). The minimum atomic E-state index is 0.602. The van der Waals surface area contributed by atoms with Crippen molar-refractivity contribution in [2.45, 2.75) is 38.1 Å². The zero-order valence-electron chi connectivity index (χ0n) is 9.19. The first-order chi connectivity index (χ1) is 7.86. The lowest BCUT2D eigenvalue weighted by Gasteiger charge is -2.22. The van der Waals surface area contributed by atoms with E-state index < -0.39 is 0 Å². The molecule has 0 radical (unpaired) electrons. The maximum absolute atomic E-state index is 4.65. The van der Waals surface area contributed by atoms with E-state index in [2.05, 4.69) is 50.0 Å². The Morgan fingerprint density at radius 1 is 1.12 bits per heavy atom. The van der Waals surface area contributed by atoms with Gasteiger partial charge in [-0.2, -0.15) is 5.10 Å². The van der Waals surface area contributed by atoms with Crippen LogP contribution in [0.1, 0.15) is 38.1 Å². The summed E-state index contributed by atoms with van der Waals surface area (Å²) >= 11 is 3.55. The van der Waals surface area contributed by atoms with Gasteiger partial charge in [0.15, 0.2) is 0 Å². The molecule has 0 atom stereocenters. The second-order valence-corrected chi connectivity index (χ2v) is 5.30. The molecule has 0 aliphatic heterocycles. The van der Waals surface area contributed by atoms with Crippen molar-refractivity contribution in [3.63, 3.8) is 0 Å². The number of para-hydroxylation sites is 1. The fourth-order valence-corrected chi connectivity index (χ4v) is 3.16. The summed E-state index contributed by atoms with van der Waals surface area (Å²) in [6.07, 6.45) is 6.63. The summed E-state index contributed by atoms with van der Waals surface area (Å²) in [6, 6.07) is 9.06. The Hall–Kier alpha value is -0.830. The van der Waals surface area contributed by atoms with Gasteiger partial charge in [0, 0.05) is 5.39 Å². The minimum Gasteiger partial charge on any atom is -0.261 e. The molecule has 1 aromatic carbocycles. The second-order valence-electron chi connectivity index (χ2n) is 4.54. The van der Waals surface area contributed by atoms with Gasteiger partial charge >= 0.3 is 0 Å². The maximum atomic E-state index is 4.65. The predicted octanol–water partition coefficient (Wildman–Crippen LogP) is 4.30. The smallest absolute Gasteiger partial charge is 0.136 e. The number of fused-ring (bicyclic) bond motifs is 1. The van der Waals surface area contributed by atoms with Gasteiger partial charge in [-0.1, -0.05) is 37.5 Å². The third-order valence-electron chi connectivity index (χ3n) is 3.49. The highest BCUT2D eigenvalue weighted by atomic mass is 79.9.